The molecular formula is C19H21N3O5. The number of rotatable bonds is 7. The van der Waals surface area contributed by atoms with E-state index in [1.54, 1.807) is 36.4 Å². The van der Waals surface area contributed by atoms with Crippen LogP contribution in [0.4, 0.5) is 5.69 Å². The fourth-order valence-corrected chi connectivity index (χ4v) is 2.32. The largest absolute Gasteiger partial charge is 0.496 e. The molecule has 0 atom stereocenters. The fourth-order valence-electron chi connectivity index (χ4n) is 2.32. The van der Waals surface area contributed by atoms with E-state index in [-0.39, 0.29) is 5.91 Å². The first-order chi connectivity index (χ1) is 13.0. The zero-order valence-electron chi connectivity index (χ0n) is 15.5. The van der Waals surface area contributed by atoms with Crippen molar-refractivity contribution < 1.29 is 23.8 Å². The lowest BCUT2D eigenvalue weighted by Gasteiger charge is -2.11. The van der Waals surface area contributed by atoms with E-state index in [2.05, 4.69) is 15.8 Å². The summed E-state index contributed by atoms with van der Waals surface area (Å²) in [5.74, 6) is 0.904. The van der Waals surface area contributed by atoms with Crippen LogP contribution in [0.5, 0.6) is 17.2 Å². The molecule has 0 saturated heterocycles. The number of carbonyl (C=O) groups is 2. The van der Waals surface area contributed by atoms with E-state index in [1.807, 2.05) is 0 Å². The summed E-state index contributed by atoms with van der Waals surface area (Å²) >= 11 is 0. The normalized spacial score (nSPS) is 10.4. The summed E-state index contributed by atoms with van der Waals surface area (Å²) in [7, 11) is 4.57. The second-order valence-electron chi connectivity index (χ2n) is 5.41. The Bertz CT molecular complexity index is 864. The molecule has 0 aliphatic rings. The highest BCUT2D eigenvalue weighted by atomic mass is 16.5. The van der Waals surface area contributed by atoms with E-state index in [0.717, 1.165) is 0 Å². The molecule has 0 heterocycles. The van der Waals surface area contributed by atoms with Gasteiger partial charge in [-0.15, -0.1) is 0 Å². The number of nitrogens with zero attached hydrogens (tertiary/aromatic N) is 1. The Kier molecular flexibility index (Phi) is 6.76. The van der Waals surface area contributed by atoms with Crippen LogP contribution in [0.2, 0.25) is 0 Å². The van der Waals surface area contributed by atoms with Gasteiger partial charge in [0.1, 0.15) is 5.75 Å². The Labute approximate surface area is 157 Å². The second kappa shape index (κ2) is 9.23. The van der Waals surface area contributed by atoms with Crippen molar-refractivity contribution in [3.8, 4) is 17.2 Å². The molecule has 0 unspecified atom stereocenters. The fraction of sp³-hybridized carbons (Fsp3) is 0.211. The average Bonchev–Trinajstić information content (AvgIpc) is 2.67. The number of hydrazone groups is 1. The van der Waals surface area contributed by atoms with Crippen molar-refractivity contribution in [2.24, 2.45) is 5.10 Å². The SMILES string of the molecule is COc1cc(OC)c(OC)cc1/C=N\NC(=O)c1cccc(NC(C)=O)c1. The van der Waals surface area contributed by atoms with E-state index in [1.165, 1.54) is 34.5 Å². The summed E-state index contributed by atoms with van der Waals surface area (Å²) in [6.45, 7) is 1.40. The van der Waals surface area contributed by atoms with Gasteiger partial charge >= 0.3 is 0 Å². The molecule has 0 fully saturated rings. The summed E-state index contributed by atoms with van der Waals surface area (Å²) in [5.41, 5.74) is 3.92. The lowest BCUT2D eigenvalue weighted by atomic mass is 10.2. The van der Waals surface area contributed by atoms with Gasteiger partial charge in [0.05, 0.1) is 27.5 Å². The predicted molar refractivity (Wildman–Crippen MR) is 102 cm³/mol. The van der Waals surface area contributed by atoms with Gasteiger partial charge in [-0.3, -0.25) is 9.59 Å². The first-order valence-corrected chi connectivity index (χ1v) is 7.99. The van der Waals surface area contributed by atoms with Gasteiger partial charge in [-0.25, -0.2) is 5.43 Å². The first-order valence-electron chi connectivity index (χ1n) is 7.99. The Balaban J connectivity index is 2.15. The molecule has 0 radical (unpaired) electrons. The molecule has 27 heavy (non-hydrogen) atoms. The molecule has 2 N–H and O–H groups in total. The maximum Gasteiger partial charge on any atom is 0.271 e. The minimum absolute atomic E-state index is 0.217. The van der Waals surface area contributed by atoms with E-state index in [9.17, 15) is 9.59 Å². The summed E-state index contributed by atoms with van der Waals surface area (Å²) in [6, 6.07) is 9.89. The van der Waals surface area contributed by atoms with Gasteiger partial charge in [0.25, 0.3) is 5.91 Å². The lowest BCUT2D eigenvalue weighted by molar-refractivity contribution is -0.114. The molecule has 0 bridgehead atoms. The molecule has 8 nitrogen and oxygen atoms in total. The quantitative estimate of drug-likeness (QED) is 0.575. The molecule has 2 aromatic rings. The summed E-state index contributed by atoms with van der Waals surface area (Å²) in [4.78, 5) is 23.4. The van der Waals surface area contributed by atoms with Crippen LogP contribution in [-0.4, -0.2) is 39.4 Å². The van der Waals surface area contributed by atoms with E-state index >= 15 is 0 Å². The van der Waals surface area contributed by atoms with Gasteiger partial charge in [-0.1, -0.05) is 6.07 Å². The molecule has 142 valence electrons. The van der Waals surface area contributed by atoms with Crippen LogP contribution in [0.1, 0.15) is 22.8 Å². The number of benzene rings is 2. The summed E-state index contributed by atoms with van der Waals surface area (Å²) in [6.07, 6.45) is 1.44. The van der Waals surface area contributed by atoms with Gasteiger partial charge in [-0.05, 0) is 24.3 Å². The van der Waals surface area contributed by atoms with Crippen LogP contribution in [0.3, 0.4) is 0 Å². The molecule has 0 aromatic heterocycles. The van der Waals surface area contributed by atoms with Crippen molar-refractivity contribution in [1.82, 2.24) is 5.43 Å². The van der Waals surface area contributed by atoms with E-state index in [4.69, 9.17) is 14.2 Å². The predicted octanol–water partition coefficient (Wildman–Crippen LogP) is 2.43. The zero-order valence-corrected chi connectivity index (χ0v) is 15.5. The Hall–Kier alpha value is -3.55. The van der Waals surface area contributed by atoms with Crippen molar-refractivity contribution in [2.45, 2.75) is 6.92 Å². The number of ether oxygens (including phenoxy) is 3. The molecule has 2 aromatic carbocycles. The minimum atomic E-state index is -0.419. The number of hydrogen-bond donors (Lipinski definition) is 2. The average molecular weight is 371 g/mol. The highest BCUT2D eigenvalue weighted by Crippen LogP contribution is 2.33. The van der Waals surface area contributed by atoms with E-state index in [0.29, 0.717) is 34.1 Å². The van der Waals surface area contributed by atoms with Crippen LogP contribution in [-0.2, 0) is 4.79 Å². The van der Waals surface area contributed by atoms with Crippen LogP contribution < -0.4 is 25.0 Å². The van der Waals surface area contributed by atoms with Gasteiger partial charge < -0.3 is 19.5 Å². The Morgan fingerprint density at radius 1 is 0.963 bits per heavy atom. The highest BCUT2D eigenvalue weighted by molar-refractivity contribution is 5.97. The maximum absolute atomic E-state index is 12.2. The molecular weight excluding hydrogens is 350 g/mol. The summed E-state index contributed by atoms with van der Waals surface area (Å²) < 4.78 is 15.8. The highest BCUT2D eigenvalue weighted by Gasteiger charge is 2.11. The number of amides is 2. The van der Waals surface area contributed by atoms with Crippen LogP contribution in [0.15, 0.2) is 41.5 Å². The van der Waals surface area contributed by atoms with Gasteiger partial charge in [0.2, 0.25) is 5.91 Å². The number of anilines is 1. The molecule has 0 aliphatic carbocycles. The third-order valence-corrected chi connectivity index (χ3v) is 3.55. The number of nitrogens with one attached hydrogen (secondary N) is 2. The molecule has 0 aliphatic heterocycles. The molecule has 2 rings (SSSR count). The minimum Gasteiger partial charge on any atom is -0.496 e. The van der Waals surface area contributed by atoms with Crippen LogP contribution in [0.25, 0.3) is 0 Å². The second-order valence-corrected chi connectivity index (χ2v) is 5.41. The number of methoxy groups -OCH3 is 3. The monoisotopic (exact) mass is 371 g/mol. The van der Waals surface area contributed by atoms with Crippen molar-refractivity contribution >= 4 is 23.7 Å². The lowest BCUT2D eigenvalue weighted by Crippen LogP contribution is -2.18. The van der Waals surface area contributed by atoms with Crippen molar-refractivity contribution in [3.05, 3.63) is 47.5 Å². The van der Waals surface area contributed by atoms with Crippen molar-refractivity contribution in [1.29, 1.82) is 0 Å². The van der Waals surface area contributed by atoms with Crippen molar-refractivity contribution in [2.75, 3.05) is 26.6 Å². The van der Waals surface area contributed by atoms with Crippen LogP contribution >= 0.6 is 0 Å². The van der Waals surface area contributed by atoms with Gasteiger partial charge in [0.15, 0.2) is 11.5 Å². The van der Waals surface area contributed by atoms with E-state index < -0.39 is 5.91 Å². The first kappa shape index (κ1) is 19.8. The maximum atomic E-state index is 12.2. The molecule has 0 spiro atoms. The van der Waals surface area contributed by atoms with Gasteiger partial charge in [0, 0.05) is 29.8 Å². The number of carbonyl (C=O) groups excluding carboxylic acids is 2. The standard InChI is InChI=1S/C19H21N3O5/c1-12(23)21-15-7-5-6-13(8-15)19(24)22-20-11-14-9-17(26-3)18(27-4)10-16(14)25-2/h5-11H,1-4H3,(H,21,23)(H,22,24)/b20-11-. The topological polar surface area (TPSA) is 98.2 Å². The molecule has 0 saturated carbocycles. The third-order valence-electron chi connectivity index (χ3n) is 3.55. The van der Waals surface area contributed by atoms with Crippen molar-refractivity contribution in [3.63, 3.8) is 0 Å². The number of hydrogen-bond acceptors (Lipinski definition) is 6. The Morgan fingerprint density at radius 3 is 2.26 bits per heavy atom. The Morgan fingerprint density at radius 2 is 1.63 bits per heavy atom. The third kappa shape index (κ3) is 5.21. The molecule has 8 heteroatoms. The van der Waals surface area contributed by atoms with Crippen LogP contribution in [0, 0.1) is 0 Å². The summed E-state index contributed by atoms with van der Waals surface area (Å²) in [5, 5.41) is 6.58. The molecule has 2 amide bonds. The smallest absolute Gasteiger partial charge is 0.271 e. The zero-order chi connectivity index (χ0) is 19.8. The van der Waals surface area contributed by atoms with Gasteiger partial charge in [-0.2, -0.15) is 5.10 Å².